The zero-order valence-electron chi connectivity index (χ0n) is 8.11. The Morgan fingerprint density at radius 3 is 2.94 bits per heavy atom. The third-order valence-corrected chi connectivity index (χ3v) is 4.02. The number of aromatic nitrogens is 1. The van der Waals surface area contributed by atoms with Gasteiger partial charge in [-0.2, -0.15) is 0 Å². The standard InChI is InChI=1S/C11H7IN2OS/c12-10-3-6(5-16-10)11-14-8-4-7(13)1-2-9(8)15-11/h1-5H,13H2. The van der Waals surface area contributed by atoms with Gasteiger partial charge in [-0.3, -0.25) is 0 Å². The van der Waals surface area contributed by atoms with Gasteiger partial charge in [-0.25, -0.2) is 4.98 Å². The fraction of sp³-hybridized carbons (Fsp3) is 0. The van der Waals surface area contributed by atoms with Crippen molar-refractivity contribution in [2.45, 2.75) is 0 Å². The third-order valence-electron chi connectivity index (χ3n) is 2.23. The van der Waals surface area contributed by atoms with Crippen LogP contribution in [-0.2, 0) is 0 Å². The van der Waals surface area contributed by atoms with E-state index in [0.29, 0.717) is 11.6 Å². The number of benzene rings is 1. The van der Waals surface area contributed by atoms with Crippen molar-refractivity contribution in [2.75, 3.05) is 5.73 Å². The van der Waals surface area contributed by atoms with Crippen molar-refractivity contribution in [2.24, 2.45) is 0 Å². The molecule has 0 fully saturated rings. The van der Waals surface area contributed by atoms with E-state index in [1.807, 2.05) is 23.6 Å². The Labute approximate surface area is 109 Å². The Kier molecular flexibility index (Phi) is 2.36. The van der Waals surface area contributed by atoms with E-state index in [0.717, 1.165) is 16.7 Å². The number of hydrogen-bond acceptors (Lipinski definition) is 4. The van der Waals surface area contributed by atoms with Gasteiger partial charge >= 0.3 is 0 Å². The normalized spacial score (nSPS) is 11.1. The molecule has 0 aliphatic carbocycles. The number of oxazole rings is 1. The van der Waals surface area contributed by atoms with E-state index in [1.54, 1.807) is 11.3 Å². The molecule has 2 N–H and O–H groups in total. The van der Waals surface area contributed by atoms with Gasteiger partial charge in [-0.15, -0.1) is 11.3 Å². The quantitative estimate of drug-likeness (QED) is 0.541. The van der Waals surface area contributed by atoms with Crippen LogP contribution in [0, 0.1) is 2.88 Å². The van der Waals surface area contributed by atoms with Crippen molar-refractivity contribution in [1.29, 1.82) is 0 Å². The molecular formula is C11H7IN2OS. The second-order valence-corrected chi connectivity index (χ2v) is 6.19. The molecule has 0 amide bonds. The molecule has 0 saturated carbocycles. The summed E-state index contributed by atoms with van der Waals surface area (Å²) in [5, 5.41) is 2.04. The molecule has 80 valence electrons. The molecule has 3 aromatic rings. The number of hydrogen-bond donors (Lipinski definition) is 1. The van der Waals surface area contributed by atoms with Gasteiger partial charge in [0.1, 0.15) is 5.52 Å². The lowest BCUT2D eigenvalue weighted by Gasteiger charge is -1.88. The van der Waals surface area contributed by atoms with E-state index in [1.165, 1.54) is 2.88 Å². The minimum absolute atomic E-state index is 0.653. The van der Waals surface area contributed by atoms with Gasteiger partial charge in [0.2, 0.25) is 5.89 Å². The third kappa shape index (κ3) is 1.69. The van der Waals surface area contributed by atoms with Crippen LogP contribution >= 0.6 is 33.9 Å². The van der Waals surface area contributed by atoms with Gasteiger partial charge in [-0.1, -0.05) is 0 Å². The molecule has 0 aliphatic heterocycles. The molecule has 0 unspecified atom stereocenters. The molecule has 0 atom stereocenters. The van der Waals surface area contributed by atoms with Gasteiger partial charge in [0.05, 0.1) is 2.88 Å². The van der Waals surface area contributed by atoms with Gasteiger partial charge in [0.25, 0.3) is 0 Å². The highest BCUT2D eigenvalue weighted by molar-refractivity contribution is 14.1. The van der Waals surface area contributed by atoms with Gasteiger partial charge in [-0.05, 0) is 46.9 Å². The van der Waals surface area contributed by atoms with Gasteiger partial charge in [0.15, 0.2) is 5.58 Å². The molecule has 3 nitrogen and oxygen atoms in total. The number of halogens is 1. The fourth-order valence-corrected chi connectivity index (χ4v) is 2.81. The molecule has 2 aromatic heterocycles. The van der Waals surface area contributed by atoms with Gasteiger partial charge < -0.3 is 10.2 Å². The van der Waals surface area contributed by atoms with E-state index < -0.39 is 0 Å². The second kappa shape index (κ2) is 3.74. The Morgan fingerprint density at radius 2 is 2.19 bits per heavy atom. The summed E-state index contributed by atoms with van der Waals surface area (Å²) in [6.07, 6.45) is 0. The van der Waals surface area contributed by atoms with E-state index in [2.05, 4.69) is 33.6 Å². The van der Waals surface area contributed by atoms with Crippen LogP contribution in [0.4, 0.5) is 5.69 Å². The van der Waals surface area contributed by atoms with E-state index >= 15 is 0 Å². The average molecular weight is 342 g/mol. The lowest BCUT2D eigenvalue weighted by molar-refractivity contribution is 0.620. The number of nitrogens with two attached hydrogens (primary N) is 1. The number of anilines is 1. The minimum atomic E-state index is 0.653. The molecular weight excluding hydrogens is 335 g/mol. The Morgan fingerprint density at radius 1 is 1.31 bits per heavy atom. The van der Waals surface area contributed by atoms with Crippen LogP contribution in [0.5, 0.6) is 0 Å². The van der Waals surface area contributed by atoms with E-state index in [4.69, 9.17) is 10.2 Å². The molecule has 0 radical (unpaired) electrons. The predicted molar refractivity (Wildman–Crippen MR) is 74.5 cm³/mol. The number of rotatable bonds is 1. The molecule has 0 bridgehead atoms. The van der Waals surface area contributed by atoms with Crippen LogP contribution in [0.3, 0.4) is 0 Å². The lowest BCUT2D eigenvalue weighted by Crippen LogP contribution is -1.82. The summed E-state index contributed by atoms with van der Waals surface area (Å²) >= 11 is 3.95. The monoisotopic (exact) mass is 342 g/mol. The Hall–Kier alpha value is -1.08. The van der Waals surface area contributed by atoms with Crippen molar-refractivity contribution in [1.82, 2.24) is 4.98 Å². The number of nitrogen functional groups attached to an aromatic ring is 1. The largest absolute Gasteiger partial charge is 0.436 e. The zero-order valence-corrected chi connectivity index (χ0v) is 11.1. The first-order valence-electron chi connectivity index (χ1n) is 4.63. The topological polar surface area (TPSA) is 52.0 Å². The van der Waals surface area contributed by atoms with Crippen LogP contribution in [0.1, 0.15) is 0 Å². The predicted octanol–water partition coefficient (Wildman–Crippen LogP) is 3.74. The fourth-order valence-electron chi connectivity index (χ4n) is 1.49. The summed E-state index contributed by atoms with van der Waals surface area (Å²) in [4.78, 5) is 4.41. The maximum absolute atomic E-state index is 5.70. The molecule has 16 heavy (non-hydrogen) atoms. The molecule has 5 heteroatoms. The van der Waals surface area contributed by atoms with Crippen LogP contribution in [-0.4, -0.2) is 4.98 Å². The molecule has 0 saturated heterocycles. The van der Waals surface area contributed by atoms with E-state index in [9.17, 15) is 0 Å². The number of nitrogens with zero attached hydrogens (tertiary/aromatic N) is 1. The smallest absolute Gasteiger partial charge is 0.228 e. The maximum atomic E-state index is 5.70. The molecule has 3 rings (SSSR count). The highest BCUT2D eigenvalue weighted by Gasteiger charge is 2.09. The van der Waals surface area contributed by atoms with E-state index in [-0.39, 0.29) is 0 Å². The second-order valence-electron chi connectivity index (χ2n) is 3.39. The first-order valence-corrected chi connectivity index (χ1v) is 6.59. The molecule has 0 aliphatic rings. The van der Waals surface area contributed by atoms with Crippen LogP contribution < -0.4 is 5.73 Å². The summed E-state index contributed by atoms with van der Waals surface area (Å²) < 4.78 is 6.88. The van der Waals surface area contributed by atoms with Crippen molar-refractivity contribution in [3.05, 3.63) is 32.5 Å². The SMILES string of the molecule is Nc1ccc2oc(-c3csc(I)c3)nc2c1. The Balaban J connectivity index is 2.18. The van der Waals surface area contributed by atoms with Crippen molar-refractivity contribution >= 4 is 50.7 Å². The van der Waals surface area contributed by atoms with Crippen molar-refractivity contribution < 1.29 is 4.42 Å². The highest BCUT2D eigenvalue weighted by Crippen LogP contribution is 2.29. The maximum Gasteiger partial charge on any atom is 0.228 e. The molecule has 1 aromatic carbocycles. The van der Waals surface area contributed by atoms with Gasteiger partial charge in [0, 0.05) is 16.6 Å². The van der Waals surface area contributed by atoms with Crippen LogP contribution in [0.2, 0.25) is 0 Å². The first-order chi connectivity index (χ1) is 7.72. The summed E-state index contributed by atoms with van der Waals surface area (Å²) in [5.74, 6) is 0.653. The number of fused-ring (bicyclic) bond motifs is 1. The van der Waals surface area contributed by atoms with Crippen molar-refractivity contribution in [3.63, 3.8) is 0 Å². The summed E-state index contributed by atoms with van der Waals surface area (Å²) in [6.45, 7) is 0. The Bertz CT molecular complexity index is 659. The molecule has 2 heterocycles. The van der Waals surface area contributed by atoms with Crippen LogP contribution in [0.25, 0.3) is 22.6 Å². The van der Waals surface area contributed by atoms with Crippen molar-refractivity contribution in [3.8, 4) is 11.5 Å². The van der Waals surface area contributed by atoms with Crippen LogP contribution in [0.15, 0.2) is 34.1 Å². The average Bonchev–Trinajstić information content (AvgIpc) is 2.83. The lowest BCUT2D eigenvalue weighted by atomic mass is 10.3. The minimum Gasteiger partial charge on any atom is -0.436 e. The molecule has 0 spiro atoms. The summed E-state index contributed by atoms with van der Waals surface area (Å²) in [7, 11) is 0. The highest BCUT2D eigenvalue weighted by atomic mass is 127. The number of thiophene rings is 1. The summed E-state index contributed by atoms with van der Waals surface area (Å²) in [5.41, 5.74) is 8.98. The first kappa shape index (κ1) is 10.1. The zero-order chi connectivity index (χ0) is 11.1. The summed E-state index contributed by atoms with van der Waals surface area (Å²) in [6, 6.07) is 7.53.